The first-order valence-electron chi connectivity index (χ1n) is 12.7. The van der Waals surface area contributed by atoms with Gasteiger partial charge in [0, 0.05) is 29.6 Å². The number of aryl methyl sites for hydroxylation is 1. The number of pyridine rings is 1. The number of furan rings is 1. The number of nitro benzene ring substituents is 1. The summed E-state index contributed by atoms with van der Waals surface area (Å²) >= 11 is 5.82. The van der Waals surface area contributed by atoms with Crippen molar-refractivity contribution in [3.63, 3.8) is 0 Å². The molecule has 1 aliphatic heterocycles. The molecule has 0 amide bonds. The van der Waals surface area contributed by atoms with Crippen molar-refractivity contribution >= 4 is 28.7 Å². The van der Waals surface area contributed by atoms with Crippen molar-refractivity contribution in [1.82, 2.24) is 10.3 Å². The van der Waals surface area contributed by atoms with Gasteiger partial charge in [-0.1, -0.05) is 36.4 Å². The Kier molecular flexibility index (Phi) is 6.71. The normalized spacial score (nSPS) is 16.5. The number of hydrogen-bond acceptors (Lipinski definition) is 6. The highest BCUT2D eigenvalue weighted by molar-refractivity contribution is 7.80. The largest absolute Gasteiger partial charge is 0.459 e. The summed E-state index contributed by atoms with van der Waals surface area (Å²) in [6.45, 7) is 2.01. The quantitative estimate of drug-likeness (QED) is 0.127. The predicted molar refractivity (Wildman–Crippen MR) is 156 cm³/mol. The van der Waals surface area contributed by atoms with E-state index >= 15 is 0 Å². The molecule has 0 unspecified atom stereocenters. The summed E-state index contributed by atoms with van der Waals surface area (Å²) in [4.78, 5) is 17.5. The number of benzene rings is 3. The van der Waals surface area contributed by atoms with Crippen LogP contribution in [0.15, 0.2) is 114 Å². The van der Waals surface area contributed by atoms with E-state index in [1.807, 2.05) is 90.7 Å². The van der Waals surface area contributed by atoms with E-state index in [1.54, 1.807) is 18.3 Å². The number of nitro groups is 1. The Balaban J connectivity index is 1.36. The lowest BCUT2D eigenvalue weighted by Crippen LogP contribution is -2.29. The Morgan fingerprint density at radius 3 is 2.52 bits per heavy atom. The van der Waals surface area contributed by atoms with Crippen molar-refractivity contribution < 1.29 is 14.1 Å². The second-order valence-corrected chi connectivity index (χ2v) is 9.75. The van der Waals surface area contributed by atoms with Gasteiger partial charge in [0.15, 0.2) is 5.11 Å². The summed E-state index contributed by atoms with van der Waals surface area (Å²) in [6, 6.07) is 30.8. The second-order valence-electron chi connectivity index (χ2n) is 9.37. The molecule has 1 saturated heterocycles. The van der Waals surface area contributed by atoms with Crippen LogP contribution >= 0.6 is 12.2 Å². The molecular formula is C31H24N4O4S. The smallest absolute Gasteiger partial charge is 0.270 e. The number of ether oxygens (including phenoxy) is 1. The Labute approximate surface area is 236 Å². The summed E-state index contributed by atoms with van der Waals surface area (Å²) in [6.07, 6.45) is 1.74. The third-order valence-electron chi connectivity index (χ3n) is 6.79. The van der Waals surface area contributed by atoms with Crippen molar-refractivity contribution in [2.45, 2.75) is 19.0 Å². The van der Waals surface area contributed by atoms with Crippen LogP contribution in [0.1, 0.15) is 29.1 Å². The number of aromatic nitrogens is 1. The molecule has 3 aromatic carbocycles. The first kappa shape index (κ1) is 25.3. The SMILES string of the molecule is Cc1ccccc1Oc1ccc(N2C(=S)N[C@@H](c3ccccn3)[C@H]2c2ccc(-c3cccc([N+](=O)[O-])c3)o2)cc1. The second kappa shape index (κ2) is 10.6. The Hall–Kier alpha value is -5.02. The van der Waals surface area contributed by atoms with Crippen LogP contribution < -0.4 is 15.0 Å². The van der Waals surface area contributed by atoms with E-state index in [1.165, 1.54) is 12.1 Å². The van der Waals surface area contributed by atoms with Gasteiger partial charge in [0.05, 0.1) is 16.7 Å². The van der Waals surface area contributed by atoms with Crippen LogP contribution in [-0.2, 0) is 0 Å². The van der Waals surface area contributed by atoms with Crippen LogP contribution in [0.25, 0.3) is 11.3 Å². The van der Waals surface area contributed by atoms with E-state index in [4.69, 9.17) is 21.4 Å². The summed E-state index contributed by atoms with van der Waals surface area (Å²) in [7, 11) is 0. The van der Waals surface area contributed by atoms with Gasteiger partial charge < -0.3 is 19.4 Å². The molecule has 1 N–H and O–H groups in total. The van der Waals surface area contributed by atoms with Gasteiger partial charge in [0.2, 0.25) is 0 Å². The summed E-state index contributed by atoms with van der Waals surface area (Å²) in [5.74, 6) is 2.67. The lowest BCUT2D eigenvalue weighted by Gasteiger charge is -2.26. The monoisotopic (exact) mass is 548 g/mol. The van der Waals surface area contributed by atoms with E-state index in [0.717, 1.165) is 22.7 Å². The fourth-order valence-corrected chi connectivity index (χ4v) is 5.18. The molecule has 1 fully saturated rings. The summed E-state index contributed by atoms with van der Waals surface area (Å²) in [5.41, 5.74) is 3.33. The van der Waals surface area contributed by atoms with Gasteiger partial charge in [-0.3, -0.25) is 15.1 Å². The molecule has 9 heteroatoms. The number of rotatable bonds is 7. The first-order chi connectivity index (χ1) is 19.5. The molecule has 0 spiro atoms. The minimum atomic E-state index is -0.419. The average molecular weight is 549 g/mol. The molecular weight excluding hydrogens is 524 g/mol. The molecule has 2 atom stereocenters. The molecule has 1 aliphatic rings. The lowest BCUT2D eigenvalue weighted by atomic mass is 10.0. The minimum absolute atomic E-state index is 0.000143. The number of nitrogens with zero attached hydrogens (tertiary/aromatic N) is 3. The van der Waals surface area contributed by atoms with E-state index in [0.29, 0.717) is 27.9 Å². The summed E-state index contributed by atoms with van der Waals surface area (Å²) in [5, 5.41) is 15.3. The maximum absolute atomic E-state index is 11.3. The molecule has 0 bridgehead atoms. The minimum Gasteiger partial charge on any atom is -0.459 e. The van der Waals surface area contributed by atoms with E-state index in [9.17, 15) is 10.1 Å². The van der Waals surface area contributed by atoms with Gasteiger partial charge in [-0.15, -0.1) is 0 Å². The van der Waals surface area contributed by atoms with E-state index in [2.05, 4.69) is 10.3 Å². The number of para-hydroxylation sites is 1. The maximum Gasteiger partial charge on any atom is 0.270 e. The van der Waals surface area contributed by atoms with Crippen molar-refractivity contribution in [3.8, 4) is 22.8 Å². The predicted octanol–water partition coefficient (Wildman–Crippen LogP) is 7.53. The fraction of sp³-hybridized carbons (Fsp3) is 0.0968. The standard InChI is InChI=1S/C31H24N4O4S/c1-20-7-2-3-11-26(20)38-24-14-12-22(13-15-24)34-30(29(33-31(34)40)25-10-4-5-18-32-25)28-17-16-27(39-28)21-8-6-9-23(19-21)35(36)37/h2-19,29-30H,1H3,(H,33,40)/t29-,30+/m0/s1. The van der Waals surface area contributed by atoms with Crippen molar-refractivity contribution in [2.75, 3.05) is 4.90 Å². The van der Waals surface area contributed by atoms with Crippen molar-refractivity contribution in [2.24, 2.45) is 0 Å². The van der Waals surface area contributed by atoms with Crippen LogP contribution in [-0.4, -0.2) is 15.0 Å². The van der Waals surface area contributed by atoms with Gasteiger partial charge >= 0.3 is 0 Å². The molecule has 5 aromatic rings. The van der Waals surface area contributed by atoms with Gasteiger partial charge in [-0.2, -0.15) is 0 Å². The highest BCUT2D eigenvalue weighted by Gasteiger charge is 2.42. The number of nitrogens with one attached hydrogen (secondary N) is 1. The molecule has 40 heavy (non-hydrogen) atoms. The molecule has 0 saturated carbocycles. The molecule has 3 heterocycles. The molecule has 6 rings (SSSR count). The Morgan fingerprint density at radius 2 is 1.77 bits per heavy atom. The number of non-ortho nitro benzene ring substituents is 1. The van der Waals surface area contributed by atoms with Crippen molar-refractivity contribution in [1.29, 1.82) is 0 Å². The highest BCUT2D eigenvalue weighted by atomic mass is 32.1. The number of thiocarbonyl (C=S) groups is 1. The number of hydrogen-bond donors (Lipinski definition) is 1. The zero-order valence-corrected chi connectivity index (χ0v) is 22.2. The topological polar surface area (TPSA) is 93.7 Å². The molecule has 0 radical (unpaired) electrons. The van der Waals surface area contributed by atoms with E-state index in [-0.39, 0.29) is 17.8 Å². The fourth-order valence-electron chi connectivity index (χ4n) is 4.83. The third kappa shape index (κ3) is 4.90. The van der Waals surface area contributed by atoms with E-state index < -0.39 is 4.92 Å². The average Bonchev–Trinajstić information content (AvgIpc) is 3.60. The van der Waals surface area contributed by atoms with Crippen LogP contribution in [0, 0.1) is 17.0 Å². The van der Waals surface area contributed by atoms with Crippen LogP contribution in [0.5, 0.6) is 11.5 Å². The third-order valence-corrected chi connectivity index (χ3v) is 7.11. The molecule has 2 aromatic heterocycles. The maximum atomic E-state index is 11.3. The van der Waals surface area contributed by atoms with Gasteiger partial charge in [0.1, 0.15) is 29.1 Å². The molecule has 8 nitrogen and oxygen atoms in total. The first-order valence-corrected chi connectivity index (χ1v) is 13.1. The van der Waals surface area contributed by atoms with Crippen LogP contribution in [0.3, 0.4) is 0 Å². The summed E-state index contributed by atoms with van der Waals surface area (Å²) < 4.78 is 12.4. The lowest BCUT2D eigenvalue weighted by molar-refractivity contribution is -0.384. The molecule has 0 aliphatic carbocycles. The highest BCUT2D eigenvalue weighted by Crippen LogP contribution is 2.43. The van der Waals surface area contributed by atoms with Gasteiger partial charge in [-0.25, -0.2) is 0 Å². The molecule has 198 valence electrons. The van der Waals surface area contributed by atoms with Crippen molar-refractivity contribution in [3.05, 3.63) is 136 Å². The van der Waals surface area contributed by atoms with Gasteiger partial charge in [-0.05, 0) is 79.3 Å². The Bertz CT molecular complexity index is 1690. The van der Waals surface area contributed by atoms with Crippen LogP contribution in [0.4, 0.5) is 11.4 Å². The zero-order valence-electron chi connectivity index (χ0n) is 21.4. The Morgan fingerprint density at radius 1 is 0.975 bits per heavy atom. The number of anilines is 1. The van der Waals surface area contributed by atoms with Gasteiger partial charge in [0.25, 0.3) is 5.69 Å². The van der Waals surface area contributed by atoms with Crippen LogP contribution in [0.2, 0.25) is 0 Å². The zero-order chi connectivity index (χ0) is 27.6.